The van der Waals surface area contributed by atoms with Gasteiger partial charge in [0.25, 0.3) is 0 Å². The van der Waals surface area contributed by atoms with Gasteiger partial charge in [0.1, 0.15) is 5.58 Å². The quantitative estimate of drug-likeness (QED) is 0.610. The number of carbonyl (C=O) groups is 1. The monoisotopic (exact) mass is 318 g/mol. The van der Waals surface area contributed by atoms with Crippen molar-refractivity contribution in [2.24, 2.45) is 0 Å². The number of aromatic nitrogens is 1. The number of carbonyl (C=O) groups excluding carboxylic acids is 1. The summed E-state index contributed by atoms with van der Waals surface area (Å²) in [5, 5.41) is 7.76. The molecule has 0 spiro atoms. The average Bonchev–Trinajstić information content (AvgIpc) is 3.22. The number of nitrogens with one attached hydrogen (secondary N) is 1. The van der Waals surface area contributed by atoms with Gasteiger partial charge in [0.15, 0.2) is 5.76 Å². The maximum atomic E-state index is 12.1. The van der Waals surface area contributed by atoms with E-state index in [0.29, 0.717) is 17.2 Å². The van der Waals surface area contributed by atoms with Gasteiger partial charge in [-0.2, -0.15) is 0 Å². The van der Waals surface area contributed by atoms with Crippen LogP contribution in [0.2, 0.25) is 0 Å². The summed E-state index contributed by atoms with van der Waals surface area (Å²) < 4.78 is 11.0. The molecule has 0 aliphatic rings. The molecule has 4 aromatic rings. The maximum absolute atomic E-state index is 12.1. The Balaban J connectivity index is 1.49. The Morgan fingerprint density at radius 2 is 1.75 bits per heavy atom. The smallest absolute Gasteiger partial charge is 0.230 e. The maximum Gasteiger partial charge on any atom is 0.230 e. The highest BCUT2D eigenvalue weighted by molar-refractivity contribution is 5.92. The van der Waals surface area contributed by atoms with E-state index in [4.69, 9.17) is 8.94 Å². The lowest BCUT2D eigenvalue weighted by Crippen LogP contribution is -2.14. The normalized spacial score (nSPS) is 10.8. The molecule has 0 bridgehead atoms. The third kappa shape index (κ3) is 2.92. The first-order chi connectivity index (χ1) is 11.8. The van der Waals surface area contributed by atoms with Crippen LogP contribution in [-0.4, -0.2) is 11.1 Å². The fourth-order valence-corrected chi connectivity index (χ4v) is 2.51. The van der Waals surface area contributed by atoms with Crippen LogP contribution in [0, 0.1) is 0 Å². The minimum atomic E-state index is -0.148. The van der Waals surface area contributed by atoms with Gasteiger partial charge in [0.2, 0.25) is 11.7 Å². The Labute approximate surface area is 137 Å². The number of nitrogens with zero attached hydrogens (tertiary/aromatic N) is 1. The number of anilines is 1. The van der Waals surface area contributed by atoms with E-state index in [1.54, 1.807) is 6.07 Å². The predicted molar refractivity (Wildman–Crippen MR) is 90.5 cm³/mol. The van der Waals surface area contributed by atoms with Crippen LogP contribution in [0.5, 0.6) is 0 Å². The molecule has 0 unspecified atom stereocenters. The van der Waals surface area contributed by atoms with E-state index < -0.39 is 0 Å². The van der Waals surface area contributed by atoms with Crippen molar-refractivity contribution in [2.75, 3.05) is 5.32 Å². The fraction of sp³-hybridized carbons (Fsp3) is 0.0526. The third-order valence-electron chi connectivity index (χ3n) is 3.63. The van der Waals surface area contributed by atoms with E-state index in [2.05, 4.69) is 10.5 Å². The molecule has 2 aromatic heterocycles. The van der Waals surface area contributed by atoms with Crippen LogP contribution < -0.4 is 5.32 Å². The summed E-state index contributed by atoms with van der Waals surface area (Å²) in [7, 11) is 0. The van der Waals surface area contributed by atoms with Crippen LogP contribution in [0.15, 0.2) is 75.7 Å². The molecule has 0 aliphatic heterocycles. The van der Waals surface area contributed by atoms with Gasteiger partial charge in [-0.1, -0.05) is 41.6 Å². The SMILES string of the molecule is O=C(Cc1cc(-c2cc3ccccc3o2)on1)Nc1ccccc1. The molecule has 2 aromatic carbocycles. The number of hydrogen-bond acceptors (Lipinski definition) is 4. The summed E-state index contributed by atoms with van der Waals surface area (Å²) in [5.74, 6) is 0.956. The summed E-state index contributed by atoms with van der Waals surface area (Å²) in [6, 6.07) is 20.6. The van der Waals surface area contributed by atoms with Crippen molar-refractivity contribution in [3.8, 4) is 11.5 Å². The van der Waals surface area contributed by atoms with Crippen molar-refractivity contribution >= 4 is 22.6 Å². The highest BCUT2D eigenvalue weighted by Crippen LogP contribution is 2.28. The van der Waals surface area contributed by atoms with E-state index in [1.807, 2.05) is 60.7 Å². The molecule has 24 heavy (non-hydrogen) atoms. The van der Waals surface area contributed by atoms with Crippen molar-refractivity contribution in [1.29, 1.82) is 0 Å². The average molecular weight is 318 g/mol. The van der Waals surface area contributed by atoms with Gasteiger partial charge in [0.05, 0.1) is 12.1 Å². The van der Waals surface area contributed by atoms with E-state index >= 15 is 0 Å². The highest BCUT2D eigenvalue weighted by atomic mass is 16.5. The van der Waals surface area contributed by atoms with Gasteiger partial charge in [-0.05, 0) is 24.3 Å². The number of hydrogen-bond donors (Lipinski definition) is 1. The first-order valence-electron chi connectivity index (χ1n) is 7.57. The number of fused-ring (bicyclic) bond motifs is 1. The molecule has 0 aliphatic carbocycles. The van der Waals surface area contributed by atoms with Crippen molar-refractivity contribution in [2.45, 2.75) is 6.42 Å². The third-order valence-corrected chi connectivity index (χ3v) is 3.63. The summed E-state index contributed by atoms with van der Waals surface area (Å²) in [6.07, 6.45) is 0.138. The molecule has 1 N–H and O–H groups in total. The van der Waals surface area contributed by atoms with Gasteiger partial charge < -0.3 is 14.3 Å². The molecular formula is C19H14N2O3. The largest absolute Gasteiger partial charge is 0.453 e. The molecule has 5 nitrogen and oxygen atoms in total. The van der Waals surface area contributed by atoms with E-state index in [1.165, 1.54) is 0 Å². The minimum absolute atomic E-state index is 0.138. The molecule has 0 saturated heterocycles. The summed E-state index contributed by atoms with van der Waals surface area (Å²) in [6.45, 7) is 0. The molecule has 0 radical (unpaired) electrons. The second-order valence-corrected chi connectivity index (χ2v) is 5.42. The zero-order valence-corrected chi connectivity index (χ0v) is 12.7. The van der Waals surface area contributed by atoms with Crippen LogP contribution >= 0.6 is 0 Å². The Kier molecular flexibility index (Phi) is 3.59. The topological polar surface area (TPSA) is 68.3 Å². The van der Waals surface area contributed by atoms with Gasteiger partial charge in [-0.3, -0.25) is 4.79 Å². The van der Waals surface area contributed by atoms with Gasteiger partial charge >= 0.3 is 0 Å². The summed E-state index contributed by atoms with van der Waals surface area (Å²) in [4.78, 5) is 12.1. The van der Waals surface area contributed by atoms with Crippen molar-refractivity contribution in [3.63, 3.8) is 0 Å². The van der Waals surface area contributed by atoms with Crippen molar-refractivity contribution in [1.82, 2.24) is 5.16 Å². The van der Waals surface area contributed by atoms with Crippen molar-refractivity contribution < 1.29 is 13.7 Å². The number of amides is 1. The molecule has 118 valence electrons. The molecule has 0 fully saturated rings. The lowest BCUT2D eigenvalue weighted by atomic mass is 10.2. The van der Waals surface area contributed by atoms with E-state index in [-0.39, 0.29) is 12.3 Å². The van der Waals surface area contributed by atoms with Crippen LogP contribution in [0.3, 0.4) is 0 Å². The first-order valence-corrected chi connectivity index (χ1v) is 7.57. The lowest BCUT2D eigenvalue weighted by Gasteiger charge is -2.02. The van der Waals surface area contributed by atoms with Crippen molar-refractivity contribution in [3.05, 3.63) is 72.4 Å². The molecular weight excluding hydrogens is 304 g/mol. The van der Waals surface area contributed by atoms with Gasteiger partial charge in [0, 0.05) is 17.1 Å². The number of para-hydroxylation sites is 2. The number of rotatable bonds is 4. The second kappa shape index (κ2) is 6.04. The zero-order valence-electron chi connectivity index (χ0n) is 12.7. The zero-order chi connectivity index (χ0) is 16.4. The Bertz CT molecular complexity index is 953. The highest BCUT2D eigenvalue weighted by Gasteiger charge is 2.14. The fourth-order valence-electron chi connectivity index (χ4n) is 2.51. The number of furan rings is 1. The standard InChI is InChI=1S/C19H14N2O3/c22-19(20-14-7-2-1-3-8-14)12-15-11-18(24-21-15)17-10-13-6-4-5-9-16(13)23-17/h1-11H,12H2,(H,20,22). The lowest BCUT2D eigenvalue weighted by molar-refractivity contribution is -0.115. The van der Waals surface area contributed by atoms with Crippen LogP contribution in [-0.2, 0) is 11.2 Å². The van der Waals surface area contributed by atoms with Gasteiger partial charge in [-0.15, -0.1) is 0 Å². The Hall–Kier alpha value is -3.34. The predicted octanol–water partition coefficient (Wildman–Crippen LogP) is 4.27. The summed E-state index contributed by atoms with van der Waals surface area (Å²) in [5.41, 5.74) is 2.09. The van der Waals surface area contributed by atoms with Crippen LogP contribution in [0.1, 0.15) is 5.69 Å². The molecule has 4 rings (SSSR count). The van der Waals surface area contributed by atoms with Crippen LogP contribution in [0.4, 0.5) is 5.69 Å². The Morgan fingerprint density at radius 1 is 0.958 bits per heavy atom. The van der Waals surface area contributed by atoms with Gasteiger partial charge in [-0.25, -0.2) is 0 Å². The molecule has 2 heterocycles. The first kappa shape index (κ1) is 14.3. The minimum Gasteiger partial charge on any atom is -0.453 e. The van der Waals surface area contributed by atoms with E-state index in [0.717, 1.165) is 16.7 Å². The molecule has 0 saturated carbocycles. The molecule has 1 amide bonds. The van der Waals surface area contributed by atoms with E-state index in [9.17, 15) is 4.79 Å². The summed E-state index contributed by atoms with van der Waals surface area (Å²) >= 11 is 0. The Morgan fingerprint density at radius 3 is 2.58 bits per heavy atom. The number of benzene rings is 2. The molecule has 0 atom stereocenters. The second-order valence-electron chi connectivity index (χ2n) is 5.42. The molecule has 5 heteroatoms. The van der Waals surface area contributed by atoms with Crippen LogP contribution in [0.25, 0.3) is 22.5 Å².